The van der Waals surface area contributed by atoms with Crippen molar-refractivity contribution in [3.63, 3.8) is 0 Å². The van der Waals surface area contributed by atoms with E-state index < -0.39 is 0 Å². The van der Waals surface area contributed by atoms with Crippen molar-refractivity contribution in [1.82, 2.24) is 24.8 Å². The summed E-state index contributed by atoms with van der Waals surface area (Å²) in [7, 11) is 1.56. The Morgan fingerprint density at radius 2 is 2.10 bits per heavy atom. The Hall–Kier alpha value is -3.88. The first-order valence-corrected chi connectivity index (χ1v) is 9.06. The lowest BCUT2D eigenvalue weighted by Gasteiger charge is -2.08. The number of benzene rings is 1. The summed E-state index contributed by atoms with van der Waals surface area (Å²) >= 11 is 0. The second kappa shape index (κ2) is 8.01. The smallest absolute Gasteiger partial charge is 0.287 e. The van der Waals surface area contributed by atoms with Gasteiger partial charge < -0.3 is 19.8 Å². The van der Waals surface area contributed by atoms with Gasteiger partial charge in [-0.05, 0) is 19.1 Å². The highest BCUT2D eigenvalue weighted by atomic mass is 16.5. The number of fused-ring (bicyclic) bond motifs is 1. The van der Waals surface area contributed by atoms with Crippen LogP contribution >= 0.6 is 0 Å². The highest BCUT2D eigenvalue weighted by Crippen LogP contribution is 2.28. The van der Waals surface area contributed by atoms with Crippen LogP contribution in [0.3, 0.4) is 0 Å². The van der Waals surface area contributed by atoms with Gasteiger partial charge in [0, 0.05) is 36.9 Å². The SMILES string of the molecule is COc1cccc2cc(C(=O)NCCNc3cc(-n4ccnc4C)ncn3)oc12. The van der Waals surface area contributed by atoms with E-state index in [0.717, 1.165) is 17.0 Å². The molecule has 4 rings (SSSR count). The lowest BCUT2D eigenvalue weighted by Crippen LogP contribution is -2.28. The quantitative estimate of drug-likeness (QED) is 0.466. The molecule has 0 saturated carbocycles. The van der Waals surface area contributed by atoms with Gasteiger partial charge in [-0.1, -0.05) is 12.1 Å². The number of hydrogen-bond donors (Lipinski definition) is 2. The molecule has 0 aliphatic rings. The van der Waals surface area contributed by atoms with Crippen LogP contribution in [0.1, 0.15) is 16.4 Å². The number of methoxy groups -OCH3 is 1. The van der Waals surface area contributed by atoms with Crippen LogP contribution in [-0.4, -0.2) is 45.6 Å². The Morgan fingerprint density at radius 3 is 2.90 bits per heavy atom. The zero-order valence-corrected chi connectivity index (χ0v) is 16.0. The summed E-state index contributed by atoms with van der Waals surface area (Å²) < 4.78 is 12.8. The molecule has 3 aromatic heterocycles. The first-order valence-electron chi connectivity index (χ1n) is 9.06. The normalized spacial score (nSPS) is 10.8. The maximum Gasteiger partial charge on any atom is 0.287 e. The third-order valence-electron chi connectivity index (χ3n) is 4.39. The molecular weight excluding hydrogens is 372 g/mol. The van der Waals surface area contributed by atoms with Crippen LogP contribution in [0, 0.1) is 6.92 Å². The second-order valence-electron chi connectivity index (χ2n) is 6.28. The molecule has 0 radical (unpaired) electrons. The average Bonchev–Trinajstić information content (AvgIpc) is 3.37. The van der Waals surface area contributed by atoms with Gasteiger partial charge >= 0.3 is 0 Å². The summed E-state index contributed by atoms with van der Waals surface area (Å²) in [4.78, 5) is 25.0. The summed E-state index contributed by atoms with van der Waals surface area (Å²) in [5.74, 6) is 2.76. The molecule has 29 heavy (non-hydrogen) atoms. The highest BCUT2D eigenvalue weighted by molar-refractivity contribution is 5.97. The predicted molar refractivity (Wildman–Crippen MR) is 107 cm³/mol. The van der Waals surface area contributed by atoms with E-state index in [1.165, 1.54) is 6.33 Å². The zero-order chi connectivity index (χ0) is 20.2. The molecular formula is C20H20N6O3. The fourth-order valence-electron chi connectivity index (χ4n) is 2.96. The van der Waals surface area contributed by atoms with Gasteiger partial charge in [0.25, 0.3) is 5.91 Å². The van der Waals surface area contributed by atoms with E-state index in [1.54, 1.807) is 25.4 Å². The number of carbonyl (C=O) groups excluding carboxylic acids is 1. The van der Waals surface area contributed by atoms with Gasteiger partial charge in [0.1, 0.15) is 23.8 Å². The van der Waals surface area contributed by atoms with Crippen molar-refractivity contribution < 1.29 is 13.9 Å². The monoisotopic (exact) mass is 392 g/mol. The van der Waals surface area contributed by atoms with E-state index in [4.69, 9.17) is 9.15 Å². The van der Waals surface area contributed by atoms with Crippen molar-refractivity contribution in [3.8, 4) is 11.6 Å². The van der Waals surface area contributed by atoms with Crippen LogP contribution in [0.5, 0.6) is 5.75 Å². The fraction of sp³-hybridized carbons (Fsp3) is 0.200. The van der Waals surface area contributed by atoms with E-state index >= 15 is 0 Å². The van der Waals surface area contributed by atoms with Crippen molar-refractivity contribution in [2.45, 2.75) is 6.92 Å². The number of aromatic nitrogens is 4. The van der Waals surface area contributed by atoms with Gasteiger partial charge in [-0.2, -0.15) is 0 Å². The van der Waals surface area contributed by atoms with E-state index in [9.17, 15) is 4.79 Å². The Bertz CT molecular complexity index is 1150. The predicted octanol–water partition coefficient (Wildman–Crippen LogP) is 2.57. The van der Waals surface area contributed by atoms with Gasteiger partial charge in [-0.25, -0.2) is 15.0 Å². The molecule has 2 N–H and O–H groups in total. The Labute approximate surface area is 166 Å². The molecule has 0 spiro atoms. The standard InChI is InChI=1S/C20H20N6O3/c1-13-21-8-9-26(13)18-11-17(24-12-25-18)22-6-7-23-20(27)16-10-14-4-3-5-15(28-2)19(14)29-16/h3-5,8-12H,6-7H2,1-2H3,(H,23,27)(H,22,24,25). The minimum atomic E-state index is -0.289. The van der Waals surface area contributed by atoms with Crippen LogP contribution in [0.25, 0.3) is 16.8 Å². The minimum absolute atomic E-state index is 0.240. The van der Waals surface area contributed by atoms with Gasteiger partial charge in [0.15, 0.2) is 17.1 Å². The van der Waals surface area contributed by atoms with Crippen molar-refractivity contribution in [3.05, 3.63) is 60.6 Å². The maximum absolute atomic E-state index is 12.4. The van der Waals surface area contributed by atoms with E-state index in [-0.39, 0.29) is 11.7 Å². The van der Waals surface area contributed by atoms with Crippen molar-refractivity contribution in [2.24, 2.45) is 0 Å². The van der Waals surface area contributed by atoms with Crippen molar-refractivity contribution in [2.75, 3.05) is 25.5 Å². The average molecular weight is 392 g/mol. The number of amides is 1. The molecule has 3 heterocycles. The van der Waals surface area contributed by atoms with Crippen LogP contribution in [-0.2, 0) is 0 Å². The number of aryl methyl sites for hydroxylation is 1. The third-order valence-corrected chi connectivity index (χ3v) is 4.39. The molecule has 0 saturated heterocycles. The second-order valence-corrected chi connectivity index (χ2v) is 6.28. The number of nitrogens with one attached hydrogen (secondary N) is 2. The topological polar surface area (TPSA) is 107 Å². The lowest BCUT2D eigenvalue weighted by atomic mass is 10.2. The molecule has 148 valence electrons. The molecule has 0 bridgehead atoms. The molecule has 0 aliphatic carbocycles. The number of ether oxygens (including phenoxy) is 1. The number of furan rings is 1. The molecule has 9 heteroatoms. The number of imidazole rings is 1. The van der Waals surface area contributed by atoms with Gasteiger partial charge in [-0.3, -0.25) is 9.36 Å². The molecule has 0 unspecified atom stereocenters. The maximum atomic E-state index is 12.4. The molecule has 0 aliphatic heterocycles. The van der Waals surface area contributed by atoms with Crippen LogP contribution in [0.15, 0.2) is 53.5 Å². The first-order chi connectivity index (χ1) is 14.2. The first kappa shape index (κ1) is 18.5. The third kappa shape index (κ3) is 3.88. The van der Waals surface area contributed by atoms with Gasteiger partial charge in [0.2, 0.25) is 0 Å². The van der Waals surface area contributed by atoms with Crippen LogP contribution in [0.4, 0.5) is 5.82 Å². The van der Waals surface area contributed by atoms with Crippen molar-refractivity contribution >= 4 is 22.7 Å². The number of nitrogens with zero attached hydrogens (tertiary/aromatic N) is 4. The fourth-order valence-corrected chi connectivity index (χ4v) is 2.96. The van der Waals surface area contributed by atoms with Crippen molar-refractivity contribution in [1.29, 1.82) is 0 Å². The Kier molecular flexibility index (Phi) is 5.10. The zero-order valence-electron chi connectivity index (χ0n) is 16.0. The molecule has 1 amide bonds. The number of anilines is 1. The Morgan fingerprint density at radius 1 is 1.21 bits per heavy atom. The number of para-hydroxylation sites is 1. The largest absolute Gasteiger partial charge is 0.493 e. The van der Waals surface area contributed by atoms with E-state index in [1.807, 2.05) is 35.9 Å². The minimum Gasteiger partial charge on any atom is -0.493 e. The molecule has 1 aromatic carbocycles. The summed E-state index contributed by atoms with van der Waals surface area (Å²) in [6.07, 6.45) is 5.04. The van der Waals surface area contributed by atoms with E-state index in [0.29, 0.717) is 30.2 Å². The highest BCUT2D eigenvalue weighted by Gasteiger charge is 2.14. The molecule has 0 fully saturated rings. The van der Waals surface area contributed by atoms with Crippen LogP contribution in [0.2, 0.25) is 0 Å². The molecule has 4 aromatic rings. The Balaban J connectivity index is 1.34. The summed E-state index contributed by atoms with van der Waals surface area (Å²) in [5.41, 5.74) is 0.557. The summed E-state index contributed by atoms with van der Waals surface area (Å²) in [6, 6.07) is 9.03. The lowest BCUT2D eigenvalue weighted by molar-refractivity contribution is 0.0929. The number of carbonyl (C=O) groups is 1. The van der Waals surface area contributed by atoms with E-state index in [2.05, 4.69) is 25.6 Å². The van der Waals surface area contributed by atoms with Gasteiger partial charge in [-0.15, -0.1) is 0 Å². The van der Waals surface area contributed by atoms with Gasteiger partial charge in [0.05, 0.1) is 7.11 Å². The summed E-state index contributed by atoms with van der Waals surface area (Å²) in [5, 5.41) is 6.81. The summed E-state index contributed by atoms with van der Waals surface area (Å²) in [6.45, 7) is 2.80. The number of rotatable bonds is 7. The van der Waals surface area contributed by atoms with Crippen LogP contribution < -0.4 is 15.4 Å². The molecule has 0 atom stereocenters. The number of hydrogen-bond acceptors (Lipinski definition) is 7. The molecule has 9 nitrogen and oxygen atoms in total.